The van der Waals surface area contributed by atoms with Crippen molar-refractivity contribution >= 4 is 0 Å². The average molecular weight is 165 g/mol. The maximum Gasteiger partial charge on any atom is 0.0323 e. The van der Waals surface area contributed by atoms with Crippen LogP contribution in [0.2, 0.25) is 0 Å². The second-order valence-electron chi connectivity index (χ2n) is 5.15. The molecule has 1 saturated heterocycles. The van der Waals surface area contributed by atoms with E-state index < -0.39 is 0 Å². The van der Waals surface area contributed by atoms with Crippen LogP contribution >= 0.6 is 0 Å². The van der Waals surface area contributed by atoms with Gasteiger partial charge in [-0.2, -0.15) is 0 Å². The van der Waals surface area contributed by atoms with E-state index in [9.17, 15) is 0 Å². The van der Waals surface area contributed by atoms with Gasteiger partial charge in [0.05, 0.1) is 0 Å². The highest BCUT2D eigenvalue weighted by atomic mass is 15.0. The molecule has 1 saturated carbocycles. The Bertz CT molecular complexity index is 209. The van der Waals surface area contributed by atoms with E-state index >= 15 is 0 Å². The van der Waals surface area contributed by atoms with Crippen LogP contribution in [-0.4, -0.2) is 5.54 Å². The van der Waals surface area contributed by atoms with E-state index in [4.69, 9.17) is 0 Å². The van der Waals surface area contributed by atoms with Crippen LogP contribution in [0.3, 0.4) is 0 Å². The molecule has 1 N–H and O–H groups in total. The SMILES string of the molecule is C=C1NC(C)(C)CC12CCCC2. The molecule has 0 aromatic heterocycles. The third-order valence-corrected chi connectivity index (χ3v) is 3.47. The van der Waals surface area contributed by atoms with Crippen molar-refractivity contribution < 1.29 is 0 Å². The Morgan fingerprint density at radius 2 is 1.83 bits per heavy atom. The standard InChI is InChI=1S/C11H19N/c1-9-11(6-4-5-7-11)8-10(2,3)12-9/h12H,1,4-8H2,2-3H3. The van der Waals surface area contributed by atoms with E-state index in [1.54, 1.807) is 0 Å². The molecular formula is C11H19N. The van der Waals surface area contributed by atoms with E-state index in [0.717, 1.165) is 0 Å². The molecule has 68 valence electrons. The van der Waals surface area contributed by atoms with Crippen molar-refractivity contribution in [2.75, 3.05) is 0 Å². The molecule has 0 atom stereocenters. The van der Waals surface area contributed by atoms with Crippen molar-refractivity contribution in [3.8, 4) is 0 Å². The van der Waals surface area contributed by atoms with Crippen molar-refractivity contribution in [1.82, 2.24) is 5.32 Å². The van der Waals surface area contributed by atoms with Crippen LogP contribution < -0.4 is 5.32 Å². The quantitative estimate of drug-likeness (QED) is 0.582. The average Bonchev–Trinajstić information content (AvgIpc) is 2.42. The predicted octanol–water partition coefficient (Wildman–Crippen LogP) is 2.83. The molecule has 0 unspecified atom stereocenters. The van der Waals surface area contributed by atoms with Crippen LogP contribution in [0.1, 0.15) is 46.0 Å². The first-order chi connectivity index (χ1) is 5.54. The van der Waals surface area contributed by atoms with Crippen LogP contribution in [0, 0.1) is 5.41 Å². The van der Waals surface area contributed by atoms with Crippen molar-refractivity contribution in [2.24, 2.45) is 5.41 Å². The molecule has 12 heavy (non-hydrogen) atoms. The highest BCUT2D eigenvalue weighted by Gasteiger charge is 2.47. The van der Waals surface area contributed by atoms with Gasteiger partial charge in [0.25, 0.3) is 0 Å². The predicted molar refractivity (Wildman–Crippen MR) is 51.9 cm³/mol. The van der Waals surface area contributed by atoms with Gasteiger partial charge in [0.1, 0.15) is 0 Å². The molecule has 0 radical (unpaired) electrons. The first kappa shape index (κ1) is 8.15. The Labute approximate surface area is 75.2 Å². The summed E-state index contributed by atoms with van der Waals surface area (Å²) in [5, 5.41) is 3.53. The van der Waals surface area contributed by atoms with Gasteiger partial charge in [-0.05, 0) is 33.1 Å². The van der Waals surface area contributed by atoms with Crippen molar-refractivity contribution in [2.45, 2.75) is 51.5 Å². The van der Waals surface area contributed by atoms with Gasteiger partial charge < -0.3 is 5.32 Å². The zero-order valence-electron chi connectivity index (χ0n) is 8.24. The van der Waals surface area contributed by atoms with E-state index in [0.29, 0.717) is 11.0 Å². The first-order valence-electron chi connectivity index (χ1n) is 5.02. The lowest BCUT2D eigenvalue weighted by atomic mass is 9.79. The summed E-state index contributed by atoms with van der Waals surface area (Å²) in [4.78, 5) is 0. The van der Waals surface area contributed by atoms with Crippen molar-refractivity contribution in [3.63, 3.8) is 0 Å². The Kier molecular flexibility index (Phi) is 1.54. The van der Waals surface area contributed by atoms with Gasteiger partial charge >= 0.3 is 0 Å². The molecule has 1 heteroatoms. The number of allylic oxidation sites excluding steroid dienone is 1. The fraction of sp³-hybridized carbons (Fsp3) is 0.818. The first-order valence-corrected chi connectivity index (χ1v) is 5.02. The Morgan fingerprint density at radius 3 is 2.25 bits per heavy atom. The minimum Gasteiger partial charge on any atom is -0.383 e. The van der Waals surface area contributed by atoms with Gasteiger partial charge in [0.15, 0.2) is 0 Å². The molecule has 1 heterocycles. The zero-order chi connectivity index (χ0) is 8.82. The third kappa shape index (κ3) is 1.07. The maximum absolute atomic E-state index is 4.17. The van der Waals surface area contributed by atoms with Gasteiger partial charge in [0, 0.05) is 16.7 Å². The molecule has 1 aliphatic heterocycles. The fourth-order valence-corrected chi connectivity index (χ4v) is 3.07. The minimum absolute atomic E-state index is 0.293. The lowest BCUT2D eigenvalue weighted by Gasteiger charge is -2.23. The summed E-state index contributed by atoms with van der Waals surface area (Å²) in [5.74, 6) is 0. The van der Waals surface area contributed by atoms with Crippen LogP contribution in [0.25, 0.3) is 0 Å². The van der Waals surface area contributed by atoms with Crippen molar-refractivity contribution in [3.05, 3.63) is 12.3 Å². The van der Waals surface area contributed by atoms with Crippen molar-refractivity contribution in [1.29, 1.82) is 0 Å². The largest absolute Gasteiger partial charge is 0.383 e. The number of nitrogens with one attached hydrogen (secondary N) is 1. The van der Waals surface area contributed by atoms with Gasteiger partial charge in [0.2, 0.25) is 0 Å². The molecule has 2 fully saturated rings. The summed E-state index contributed by atoms with van der Waals surface area (Å²) in [7, 11) is 0. The summed E-state index contributed by atoms with van der Waals surface area (Å²) in [6.07, 6.45) is 6.82. The Balaban J connectivity index is 2.23. The normalized spacial score (nSPS) is 31.0. The number of rotatable bonds is 0. The highest BCUT2D eigenvalue weighted by Crippen LogP contribution is 2.52. The molecule has 1 nitrogen and oxygen atoms in total. The molecule has 0 aromatic rings. The lowest BCUT2D eigenvalue weighted by molar-refractivity contribution is 0.332. The van der Waals surface area contributed by atoms with Crippen LogP contribution in [0.5, 0.6) is 0 Å². The Hall–Kier alpha value is -0.460. The smallest absolute Gasteiger partial charge is 0.0323 e. The summed E-state index contributed by atoms with van der Waals surface area (Å²) < 4.78 is 0. The molecule has 0 bridgehead atoms. The Morgan fingerprint density at radius 1 is 1.25 bits per heavy atom. The third-order valence-electron chi connectivity index (χ3n) is 3.47. The number of hydrogen-bond acceptors (Lipinski definition) is 1. The molecule has 1 aliphatic carbocycles. The van der Waals surface area contributed by atoms with Gasteiger partial charge in [-0.1, -0.05) is 19.4 Å². The fourth-order valence-electron chi connectivity index (χ4n) is 3.07. The summed E-state index contributed by atoms with van der Waals surface area (Å²) in [5.41, 5.74) is 2.08. The van der Waals surface area contributed by atoms with Gasteiger partial charge in [-0.3, -0.25) is 0 Å². The topological polar surface area (TPSA) is 12.0 Å². The number of hydrogen-bond donors (Lipinski definition) is 1. The van der Waals surface area contributed by atoms with Crippen LogP contribution in [0.4, 0.5) is 0 Å². The molecule has 2 aliphatic rings. The van der Waals surface area contributed by atoms with E-state index in [-0.39, 0.29) is 0 Å². The highest BCUT2D eigenvalue weighted by molar-refractivity contribution is 5.21. The molecule has 2 rings (SSSR count). The monoisotopic (exact) mass is 165 g/mol. The van der Waals surface area contributed by atoms with Crippen LogP contribution in [-0.2, 0) is 0 Å². The van der Waals surface area contributed by atoms with E-state index in [2.05, 4.69) is 25.7 Å². The second kappa shape index (κ2) is 2.27. The summed E-state index contributed by atoms with van der Waals surface area (Å²) in [6, 6.07) is 0. The maximum atomic E-state index is 4.17. The van der Waals surface area contributed by atoms with Crippen LogP contribution in [0.15, 0.2) is 12.3 Å². The van der Waals surface area contributed by atoms with E-state index in [1.165, 1.54) is 37.8 Å². The molecular weight excluding hydrogens is 146 g/mol. The van der Waals surface area contributed by atoms with Gasteiger partial charge in [-0.25, -0.2) is 0 Å². The summed E-state index contributed by atoms with van der Waals surface area (Å²) >= 11 is 0. The second-order valence-corrected chi connectivity index (χ2v) is 5.15. The molecule has 0 aromatic carbocycles. The lowest BCUT2D eigenvalue weighted by Crippen LogP contribution is -2.30. The van der Waals surface area contributed by atoms with Gasteiger partial charge in [-0.15, -0.1) is 0 Å². The zero-order valence-corrected chi connectivity index (χ0v) is 8.24. The molecule has 1 spiro atoms. The summed E-state index contributed by atoms with van der Waals surface area (Å²) in [6.45, 7) is 8.74. The minimum atomic E-state index is 0.293. The van der Waals surface area contributed by atoms with E-state index in [1.807, 2.05) is 0 Å². The molecule has 0 amide bonds.